The lowest BCUT2D eigenvalue weighted by molar-refractivity contribution is -0.146. The number of benzene rings is 2. The summed E-state index contributed by atoms with van der Waals surface area (Å²) in [6.07, 6.45) is 0.952. The summed E-state index contributed by atoms with van der Waals surface area (Å²) in [6.45, 7) is 0.354. The summed E-state index contributed by atoms with van der Waals surface area (Å²) in [5, 5.41) is 23.4. The van der Waals surface area contributed by atoms with E-state index in [4.69, 9.17) is 9.84 Å². The van der Waals surface area contributed by atoms with Gasteiger partial charge in [0, 0.05) is 18.4 Å². The number of aliphatic carboxylic acids is 1. The second kappa shape index (κ2) is 10.7. The first kappa shape index (κ1) is 23.8. The van der Waals surface area contributed by atoms with Crippen LogP contribution >= 0.6 is 0 Å². The lowest BCUT2D eigenvalue weighted by Gasteiger charge is -2.28. The van der Waals surface area contributed by atoms with E-state index in [1.807, 2.05) is 24.3 Å². The number of rotatable bonds is 8. The molecule has 2 unspecified atom stereocenters. The van der Waals surface area contributed by atoms with Crippen molar-refractivity contribution in [1.29, 1.82) is 0 Å². The number of aliphatic hydroxyl groups excluding tert-OH is 1. The van der Waals surface area contributed by atoms with Gasteiger partial charge < -0.3 is 25.6 Å². The highest BCUT2D eigenvalue weighted by molar-refractivity contribution is 5.80. The van der Waals surface area contributed by atoms with E-state index in [-0.39, 0.29) is 36.8 Å². The molecule has 3 atom stereocenters. The summed E-state index contributed by atoms with van der Waals surface area (Å²) in [4.78, 5) is 35.5. The van der Waals surface area contributed by atoms with Gasteiger partial charge in [0.15, 0.2) is 6.10 Å². The van der Waals surface area contributed by atoms with Crippen molar-refractivity contribution >= 4 is 18.0 Å². The smallest absolute Gasteiger partial charge is 0.407 e. The number of carbonyl (C=O) groups is 3. The molecule has 2 aromatic carbocycles. The first-order chi connectivity index (χ1) is 16.4. The number of nitrogens with one attached hydrogen (secondary N) is 2. The van der Waals surface area contributed by atoms with Gasteiger partial charge in [-0.2, -0.15) is 0 Å². The zero-order valence-corrected chi connectivity index (χ0v) is 18.9. The Morgan fingerprint density at radius 2 is 1.62 bits per heavy atom. The van der Waals surface area contributed by atoms with Crippen molar-refractivity contribution in [3.05, 3.63) is 59.7 Å². The van der Waals surface area contributed by atoms with Crippen LogP contribution in [0.1, 0.15) is 42.7 Å². The zero-order chi connectivity index (χ0) is 24.1. The molecule has 0 spiro atoms. The maximum Gasteiger partial charge on any atom is 0.407 e. The number of ether oxygens (including phenoxy) is 1. The molecule has 2 aromatic rings. The van der Waals surface area contributed by atoms with Crippen LogP contribution in [0, 0.1) is 11.8 Å². The molecule has 8 heteroatoms. The standard InChI is InChI=1S/C26H30N2O6/c29-23(25(31)32)14-27-24(30)17-7-5-6-16(12-17)13-28-26(33)34-15-22-20-10-3-1-8-18(20)19-9-2-4-11-21(19)22/h1-4,8-11,16-17,22-23,29H,5-7,12-15H2,(H,27,30)(H,28,33)(H,31,32)/t16?,17?,23-/m0/s1. The number of amides is 2. The van der Waals surface area contributed by atoms with Crippen LogP contribution in [0.4, 0.5) is 4.79 Å². The van der Waals surface area contributed by atoms with Crippen molar-refractivity contribution in [3.8, 4) is 11.1 Å². The predicted octanol–water partition coefficient (Wildman–Crippen LogP) is 2.89. The Balaban J connectivity index is 1.25. The highest BCUT2D eigenvalue weighted by atomic mass is 16.5. The molecule has 2 aliphatic carbocycles. The quantitative estimate of drug-likeness (QED) is 0.474. The van der Waals surface area contributed by atoms with Gasteiger partial charge in [0.1, 0.15) is 6.61 Å². The van der Waals surface area contributed by atoms with Gasteiger partial charge in [-0.05, 0) is 47.4 Å². The molecule has 0 saturated heterocycles. The van der Waals surface area contributed by atoms with Gasteiger partial charge in [0.05, 0.1) is 6.54 Å². The van der Waals surface area contributed by atoms with Crippen molar-refractivity contribution in [2.24, 2.45) is 11.8 Å². The second-order valence-electron chi connectivity index (χ2n) is 9.04. The molecule has 0 bridgehead atoms. The number of carboxylic acid groups (broad SMARTS) is 1. The second-order valence-corrected chi connectivity index (χ2v) is 9.04. The van der Waals surface area contributed by atoms with E-state index in [1.165, 1.54) is 11.1 Å². The van der Waals surface area contributed by atoms with Gasteiger partial charge in [-0.3, -0.25) is 4.79 Å². The molecular formula is C26H30N2O6. The number of carboxylic acids is 1. The van der Waals surface area contributed by atoms with E-state index in [2.05, 4.69) is 34.9 Å². The van der Waals surface area contributed by atoms with Crippen LogP contribution in [0.15, 0.2) is 48.5 Å². The van der Waals surface area contributed by atoms with Crippen molar-refractivity contribution < 1.29 is 29.3 Å². The number of hydrogen-bond acceptors (Lipinski definition) is 5. The Labute approximate surface area is 198 Å². The lowest BCUT2D eigenvalue weighted by atomic mass is 9.81. The summed E-state index contributed by atoms with van der Waals surface area (Å²) in [6, 6.07) is 16.3. The normalized spacial score (nSPS) is 20.0. The minimum Gasteiger partial charge on any atom is -0.479 e. The topological polar surface area (TPSA) is 125 Å². The third-order valence-electron chi connectivity index (χ3n) is 6.79. The molecule has 1 fully saturated rings. The van der Waals surface area contributed by atoms with E-state index in [0.29, 0.717) is 19.4 Å². The summed E-state index contributed by atoms with van der Waals surface area (Å²) >= 11 is 0. The molecule has 4 N–H and O–H groups in total. The number of aliphatic hydroxyl groups is 1. The molecule has 0 radical (unpaired) electrons. The molecule has 1 saturated carbocycles. The van der Waals surface area contributed by atoms with Crippen molar-refractivity contribution in [2.45, 2.75) is 37.7 Å². The third kappa shape index (κ3) is 5.39. The number of carbonyl (C=O) groups excluding carboxylic acids is 2. The third-order valence-corrected chi connectivity index (χ3v) is 6.79. The van der Waals surface area contributed by atoms with Crippen LogP contribution < -0.4 is 10.6 Å². The monoisotopic (exact) mass is 466 g/mol. The average Bonchev–Trinajstić information content (AvgIpc) is 3.18. The van der Waals surface area contributed by atoms with E-state index < -0.39 is 18.2 Å². The van der Waals surface area contributed by atoms with Crippen LogP contribution in [0.25, 0.3) is 11.1 Å². The van der Waals surface area contributed by atoms with Crippen molar-refractivity contribution in [3.63, 3.8) is 0 Å². The van der Waals surface area contributed by atoms with Gasteiger partial charge in [-0.1, -0.05) is 55.0 Å². The Morgan fingerprint density at radius 1 is 0.971 bits per heavy atom. The first-order valence-electron chi connectivity index (χ1n) is 11.7. The Bertz CT molecular complexity index is 1010. The van der Waals surface area contributed by atoms with E-state index in [1.54, 1.807) is 0 Å². The van der Waals surface area contributed by atoms with Gasteiger partial charge in [-0.25, -0.2) is 9.59 Å². The van der Waals surface area contributed by atoms with Crippen LogP contribution in [0.2, 0.25) is 0 Å². The molecule has 0 aliphatic heterocycles. The fourth-order valence-electron chi connectivity index (χ4n) is 5.02. The maximum absolute atomic E-state index is 12.4. The molecule has 0 aromatic heterocycles. The Morgan fingerprint density at radius 3 is 2.26 bits per heavy atom. The number of hydrogen-bond donors (Lipinski definition) is 4. The highest BCUT2D eigenvalue weighted by Gasteiger charge is 2.30. The van der Waals surface area contributed by atoms with Crippen molar-refractivity contribution in [1.82, 2.24) is 10.6 Å². The summed E-state index contributed by atoms with van der Waals surface area (Å²) in [5.74, 6) is -1.75. The molecule has 4 rings (SSSR count). The fraction of sp³-hybridized carbons (Fsp3) is 0.423. The summed E-state index contributed by atoms with van der Waals surface area (Å²) in [5.41, 5.74) is 4.67. The van der Waals surface area contributed by atoms with Crippen LogP contribution in [-0.2, 0) is 14.3 Å². The Hall–Kier alpha value is -3.39. The summed E-state index contributed by atoms with van der Waals surface area (Å²) in [7, 11) is 0. The minimum atomic E-state index is -1.61. The average molecular weight is 467 g/mol. The largest absolute Gasteiger partial charge is 0.479 e. The number of alkyl carbamates (subject to hydrolysis) is 1. The van der Waals surface area contributed by atoms with Gasteiger partial charge in [-0.15, -0.1) is 0 Å². The van der Waals surface area contributed by atoms with Crippen LogP contribution in [0.5, 0.6) is 0 Å². The predicted molar refractivity (Wildman–Crippen MR) is 125 cm³/mol. The minimum absolute atomic E-state index is 0.00191. The van der Waals surface area contributed by atoms with Crippen LogP contribution in [0.3, 0.4) is 0 Å². The molecule has 8 nitrogen and oxygen atoms in total. The van der Waals surface area contributed by atoms with Gasteiger partial charge in [0.25, 0.3) is 0 Å². The lowest BCUT2D eigenvalue weighted by Crippen LogP contribution is -2.41. The van der Waals surface area contributed by atoms with Crippen LogP contribution in [-0.4, -0.2) is 54.0 Å². The van der Waals surface area contributed by atoms with Crippen molar-refractivity contribution in [2.75, 3.05) is 19.7 Å². The molecule has 2 aliphatic rings. The molecule has 34 heavy (non-hydrogen) atoms. The van der Waals surface area contributed by atoms with E-state index >= 15 is 0 Å². The molecule has 2 amide bonds. The van der Waals surface area contributed by atoms with Gasteiger partial charge in [0.2, 0.25) is 5.91 Å². The fourth-order valence-corrected chi connectivity index (χ4v) is 5.02. The molecular weight excluding hydrogens is 436 g/mol. The highest BCUT2D eigenvalue weighted by Crippen LogP contribution is 2.44. The van der Waals surface area contributed by atoms with E-state index in [9.17, 15) is 19.5 Å². The molecule has 0 heterocycles. The summed E-state index contributed by atoms with van der Waals surface area (Å²) < 4.78 is 5.58. The maximum atomic E-state index is 12.4. The van der Waals surface area contributed by atoms with Gasteiger partial charge >= 0.3 is 12.1 Å². The first-order valence-corrected chi connectivity index (χ1v) is 11.7. The Kier molecular flexibility index (Phi) is 7.47. The number of fused-ring (bicyclic) bond motifs is 3. The SMILES string of the molecule is O=C(NCC1CCCC(C(=O)NC[C@H](O)C(=O)O)C1)OCC1c2ccccc2-c2ccccc21. The molecule has 180 valence electrons. The zero-order valence-electron chi connectivity index (χ0n) is 18.9. The van der Waals surface area contributed by atoms with E-state index in [0.717, 1.165) is 24.0 Å².